The van der Waals surface area contributed by atoms with E-state index < -0.39 is 17.6 Å². The van der Waals surface area contributed by atoms with Gasteiger partial charge in [-0.3, -0.25) is 14.7 Å². The molecule has 5 nitrogen and oxygen atoms in total. The Morgan fingerprint density at radius 3 is 2.57 bits per heavy atom. The van der Waals surface area contributed by atoms with Gasteiger partial charge in [-0.25, -0.2) is 8.78 Å². The molecule has 2 N–H and O–H groups in total. The zero-order chi connectivity index (χ0) is 19.8. The lowest BCUT2D eigenvalue weighted by molar-refractivity contribution is -0.116. The largest absolute Gasteiger partial charge is 0.384 e. The lowest BCUT2D eigenvalue weighted by Crippen LogP contribution is -2.39. The second-order valence-corrected chi connectivity index (χ2v) is 6.67. The number of allylic oxidation sites excluding steroid dienone is 3. The number of para-hydroxylation sites is 1. The van der Waals surface area contributed by atoms with Crippen molar-refractivity contribution < 1.29 is 13.6 Å². The summed E-state index contributed by atoms with van der Waals surface area (Å²) in [7, 11) is 0. The van der Waals surface area contributed by atoms with Gasteiger partial charge in [0.05, 0.1) is 17.6 Å². The molecule has 28 heavy (non-hydrogen) atoms. The standard InChI is InChI=1S/C21H16F2N4O/c22-14-5-1-6-15(23)20(14)27-16-7-2-8-17(28)19(16)18(13(10-24)21(27)25)12-4-3-9-26-11-12/h1,3-6,9,11,18H,2,7-8,25H2/t18-/m0/s1. The van der Waals surface area contributed by atoms with Crippen molar-refractivity contribution in [3.05, 3.63) is 82.6 Å². The van der Waals surface area contributed by atoms with Crippen molar-refractivity contribution in [3.63, 3.8) is 0 Å². The average Bonchev–Trinajstić information content (AvgIpc) is 2.69. The molecule has 1 aliphatic heterocycles. The Kier molecular flexibility index (Phi) is 4.40. The van der Waals surface area contributed by atoms with Gasteiger partial charge in [0.25, 0.3) is 0 Å². The number of Topliss-reactive ketones (excluding diaryl/α,β-unsaturated/α-hetero) is 1. The molecule has 0 unspecified atom stereocenters. The highest BCUT2D eigenvalue weighted by Crippen LogP contribution is 2.46. The van der Waals surface area contributed by atoms with Crippen LogP contribution >= 0.6 is 0 Å². The number of nitriles is 1. The van der Waals surface area contributed by atoms with Crippen LogP contribution in [0.2, 0.25) is 0 Å². The van der Waals surface area contributed by atoms with E-state index in [1.165, 1.54) is 11.0 Å². The number of rotatable bonds is 2. The molecular formula is C21H16F2N4O. The van der Waals surface area contributed by atoms with Crippen molar-refractivity contribution in [2.24, 2.45) is 5.73 Å². The van der Waals surface area contributed by atoms with E-state index in [2.05, 4.69) is 4.98 Å². The summed E-state index contributed by atoms with van der Waals surface area (Å²) in [5.41, 5.74) is 7.39. The van der Waals surface area contributed by atoms with Crippen molar-refractivity contribution in [3.8, 4) is 6.07 Å². The second kappa shape index (κ2) is 6.89. The van der Waals surface area contributed by atoms with Crippen LogP contribution in [0.5, 0.6) is 0 Å². The lowest BCUT2D eigenvalue weighted by Gasteiger charge is -2.39. The number of pyridine rings is 1. The van der Waals surface area contributed by atoms with E-state index in [9.17, 15) is 18.8 Å². The molecule has 0 bridgehead atoms. The first-order valence-corrected chi connectivity index (χ1v) is 8.84. The zero-order valence-electron chi connectivity index (χ0n) is 14.8. The van der Waals surface area contributed by atoms with E-state index in [1.54, 1.807) is 24.5 Å². The number of nitrogens with zero attached hydrogens (tertiary/aromatic N) is 3. The molecule has 1 aliphatic carbocycles. The number of carbonyl (C=O) groups is 1. The Hall–Kier alpha value is -3.53. The molecule has 4 rings (SSSR count). The first kappa shape index (κ1) is 17.9. The Labute approximate surface area is 160 Å². The number of benzene rings is 1. The summed E-state index contributed by atoms with van der Waals surface area (Å²) in [5.74, 6) is -2.56. The Morgan fingerprint density at radius 1 is 1.18 bits per heavy atom. The highest BCUT2D eigenvalue weighted by atomic mass is 19.1. The van der Waals surface area contributed by atoms with Gasteiger partial charge in [-0.15, -0.1) is 0 Å². The lowest BCUT2D eigenvalue weighted by atomic mass is 9.76. The quantitative estimate of drug-likeness (QED) is 0.862. The number of aromatic nitrogens is 1. The van der Waals surface area contributed by atoms with E-state index in [0.717, 1.165) is 12.1 Å². The molecular weight excluding hydrogens is 362 g/mol. The predicted molar refractivity (Wildman–Crippen MR) is 98.5 cm³/mol. The van der Waals surface area contributed by atoms with Crippen LogP contribution in [-0.2, 0) is 4.79 Å². The van der Waals surface area contributed by atoms with Gasteiger partial charge in [0.2, 0.25) is 0 Å². The molecule has 2 aliphatic rings. The SMILES string of the molecule is N#CC1=C(N)N(c2c(F)cccc2F)C2=C(C(=O)CCC2)[C@H]1c1cccnc1. The number of hydrogen-bond donors (Lipinski definition) is 1. The maximum Gasteiger partial charge on any atom is 0.161 e. The molecule has 7 heteroatoms. The van der Waals surface area contributed by atoms with Crippen molar-refractivity contribution in [2.45, 2.75) is 25.2 Å². The summed E-state index contributed by atoms with van der Waals surface area (Å²) in [6, 6.07) is 9.01. The molecule has 0 saturated carbocycles. The monoisotopic (exact) mass is 378 g/mol. The molecule has 0 saturated heterocycles. The summed E-state index contributed by atoms with van der Waals surface area (Å²) in [5, 5.41) is 9.82. The topological polar surface area (TPSA) is 83.0 Å². The zero-order valence-corrected chi connectivity index (χ0v) is 14.8. The number of carbonyl (C=O) groups excluding carboxylic acids is 1. The van der Waals surface area contributed by atoms with Gasteiger partial charge in [0.1, 0.15) is 23.1 Å². The Bertz CT molecular complexity index is 1050. The highest BCUT2D eigenvalue weighted by Gasteiger charge is 2.41. The van der Waals surface area contributed by atoms with E-state index in [4.69, 9.17) is 5.73 Å². The number of nitrogens with two attached hydrogens (primary N) is 1. The van der Waals surface area contributed by atoms with Crippen molar-refractivity contribution in [2.75, 3.05) is 4.90 Å². The number of anilines is 1. The summed E-state index contributed by atoms with van der Waals surface area (Å²) >= 11 is 0. The minimum atomic E-state index is -0.815. The molecule has 1 atom stereocenters. The first-order valence-electron chi connectivity index (χ1n) is 8.84. The van der Waals surface area contributed by atoms with Gasteiger partial charge in [0, 0.05) is 30.1 Å². The van der Waals surface area contributed by atoms with Gasteiger partial charge in [-0.2, -0.15) is 5.26 Å². The molecule has 0 fully saturated rings. The van der Waals surface area contributed by atoms with Gasteiger partial charge in [-0.1, -0.05) is 12.1 Å². The molecule has 140 valence electrons. The molecule has 1 aromatic heterocycles. The molecule has 0 spiro atoms. The smallest absolute Gasteiger partial charge is 0.161 e. The van der Waals surface area contributed by atoms with Gasteiger partial charge in [0.15, 0.2) is 5.78 Å². The summed E-state index contributed by atoms with van der Waals surface area (Å²) in [6.07, 6.45) is 4.43. The van der Waals surface area contributed by atoms with Crippen molar-refractivity contribution in [1.82, 2.24) is 4.98 Å². The maximum atomic E-state index is 14.6. The minimum absolute atomic E-state index is 0.0738. The van der Waals surface area contributed by atoms with Gasteiger partial charge >= 0.3 is 0 Å². The normalized spacial score (nSPS) is 19.5. The fraction of sp³-hybridized carbons (Fsp3) is 0.190. The van der Waals surface area contributed by atoms with Crippen molar-refractivity contribution in [1.29, 1.82) is 5.26 Å². The van der Waals surface area contributed by atoms with Crippen LogP contribution in [0.1, 0.15) is 30.7 Å². The predicted octanol–water partition coefficient (Wildman–Crippen LogP) is 3.66. The highest BCUT2D eigenvalue weighted by molar-refractivity contribution is 6.01. The third kappa shape index (κ3) is 2.65. The van der Waals surface area contributed by atoms with Crippen LogP contribution in [-0.4, -0.2) is 10.8 Å². The molecule has 2 heterocycles. The van der Waals surface area contributed by atoms with Crippen LogP contribution in [0.3, 0.4) is 0 Å². The summed E-state index contributed by atoms with van der Waals surface area (Å²) < 4.78 is 29.1. The van der Waals surface area contributed by atoms with E-state index in [0.29, 0.717) is 36.1 Å². The average molecular weight is 378 g/mol. The Morgan fingerprint density at radius 2 is 1.93 bits per heavy atom. The third-order valence-corrected chi connectivity index (χ3v) is 5.09. The van der Waals surface area contributed by atoms with Gasteiger partial charge < -0.3 is 5.73 Å². The number of halogens is 2. The summed E-state index contributed by atoms with van der Waals surface area (Å²) in [4.78, 5) is 18.1. The first-order chi connectivity index (χ1) is 13.5. The summed E-state index contributed by atoms with van der Waals surface area (Å²) in [6.45, 7) is 0. The Balaban J connectivity index is 2.02. The van der Waals surface area contributed by atoms with Crippen LogP contribution < -0.4 is 10.6 Å². The van der Waals surface area contributed by atoms with Crippen LogP contribution in [0.15, 0.2) is 65.4 Å². The fourth-order valence-electron chi connectivity index (χ4n) is 3.92. The van der Waals surface area contributed by atoms with E-state index in [-0.39, 0.29) is 22.9 Å². The van der Waals surface area contributed by atoms with Crippen LogP contribution in [0.4, 0.5) is 14.5 Å². The second-order valence-electron chi connectivity index (χ2n) is 6.67. The number of ketones is 1. The van der Waals surface area contributed by atoms with Crippen LogP contribution in [0.25, 0.3) is 0 Å². The van der Waals surface area contributed by atoms with E-state index in [1.807, 2.05) is 6.07 Å². The van der Waals surface area contributed by atoms with E-state index >= 15 is 0 Å². The molecule has 1 aromatic carbocycles. The minimum Gasteiger partial charge on any atom is -0.384 e. The third-order valence-electron chi connectivity index (χ3n) is 5.09. The van der Waals surface area contributed by atoms with Gasteiger partial charge in [-0.05, 0) is 36.6 Å². The molecule has 0 radical (unpaired) electrons. The van der Waals surface area contributed by atoms with Crippen LogP contribution in [0, 0.1) is 23.0 Å². The number of hydrogen-bond acceptors (Lipinski definition) is 5. The van der Waals surface area contributed by atoms with Crippen molar-refractivity contribution >= 4 is 11.5 Å². The molecule has 0 amide bonds. The maximum absolute atomic E-state index is 14.6. The molecule has 2 aromatic rings. The fourth-order valence-corrected chi connectivity index (χ4v) is 3.92.